The van der Waals surface area contributed by atoms with E-state index in [2.05, 4.69) is 0 Å². The molecule has 0 aromatic heterocycles. The zero-order valence-electron chi connectivity index (χ0n) is 6.46. The van der Waals surface area contributed by atoms with E-state index < -0.39 is 12.9 Å². The molecule has 0 spiro atoms. The molecular formula is HKMgNO7P. The van der Waals surface area contributed by atoms with Crippen LogP contribution in [0, 0.1) is 15.3 Å². The summed E-state index contributed by atoms with van der Waals surface area (Å²) in [5, 5.41) is 14.8. The van der Waals surface area contributed by atoms with Gasteiger partial charge in [-0.1, -0.05) is 0 Å². The number of hydrogen-bond donors (Lipinski definition) is 0. The van der Waals surface area contributed by atoms with Crippen LogP contribution in [0.1, 0.15) is 1.43 Å². The van der Waals surface area contributed by atoms with Crippen molar-refractivity contribution in [2.45, 2.75) is 0 Å². The zero-order chi connectivity index (χ0) is 8.08. The summed E-state index contributed by atoms with van der Waals surface area (Å²) < 4.78 is 8.55. The van der Waals surface area contributed by atoms with Gasteiger partial charge in [0.25, 0.3) is 0 Å². The SMILES string of the molecule is O=P([O-])([O-])[O-].O=[N+]([O-])[O-].[H+].[K+].[Mg+2]. The molecule has 0 aliphatic heterocycles. The van der Waals surface area contributed by atoms with Gasteiger partial charge in [0, 0.05) is 0 Å². The Morgan fingerprint density at radius 1 is 1.18 bits per heavy atom. The standard InChI is InChI=1S/K.Mg.NO3.H3O4P/c;;2-1(3)4;1-5(2,3)4/h;;;(H3,1,2,3,4)/q+1;+2;-1;/p-2. The van der Waals surface area contributed by atoms with Crippen LogP contribution in [0.5, 0.6) is 0 Å². The summed E-state index contributed by atoms with van der Waals surface area (Å²) in [5.41, 5.74) is 0. The molecule has 0 aliphatic carbocycles. The summed E-state index contributed by atoms with van der Waals surface area (Å²) in [4.78, 5) is 33.9. The molecule has 11 heteroatoms. The summed E-state index contributed by atoms with van der Waals surface area (Å²) in [7, 11) is -5.39. The summed E-state index contributed by atoms with van der Waals surface area (Å²) in [5.74, 6) is 0. The van der Waals surface area contributed by atoms with Gasteiger partial charge in [0.2, 0.25) is 0 Å². The van der Waals surface area contributed by atoms with E-state index in [0.29, 0.717) is 0 Å². The Labute approximate surface area is 121 Å². The van der Waals surface area contributed by atoms with Crippen molar-refractivity contribution in [2.75, 3.05) is 0 Å². The van der Waals surface area contributed by atoms with Crippen LogP contribution < -0.4 is 66.1 Å². The van der Waals surface area contributed by atoms with Gasteiger partial charge < -0.3 is 34.6 Å². The quantitative estimate of drug-likeness (QED) is 0.171. The average molecular weight is 221 g/mol. The zero-order valence-corrected chi connectivity index (χ0v) is 10.9. The molecule has 0 aliphatic rings. The Morgan fingerprint density at radius 3 is 1.18 bits per heavy atom. The molecule has 0 radical (unpaired) electrons. The third kappa shape index (κ3) is 377. The molecule has 11 heavy (non-hydrogen) atoms. The predicted octanol–water partition coefficient (Wildman–Crippen LogP) is -6.33. The summed E-state index contributed by atoms with van der Waals surface area (Å²) >= 11 is 0. The third-order valence-electron chi connectivity index (χ3n) is 0. The molecular weight excluding hydrogens is 220 g/mol. The Morgan fingerprint density at radius 2 is 1.18 bits per heavy atom. The molecule has 0 aromatic rings. The van der Waals surface area contributed by atoms with E-state index in [1.54, 1.807) is 0 Å². The number of nitrogens with zero attached hydrogens (tertiary/aromatic N) is 1. The van der Waals surface area contributed by atoms with Crippen LogP contribution in [-0.2, 0) is 4.57 Å². The van der Waals surface area contributed by atoms with Gasteiger partial charge in [0.15, 0.2) is 0 Å². The van der Waals surface area contributed by atoms with Crippen molar-refractivity contribution >= 4 is 30.9 Å². The predicted molar refractivity (Wildman–Crippen MR) is 24.8 cm³/mol. The van der Waals surface area contributed by atoms with Crippen LogP contribution in [0.15, 0.2) is 0 Å². The van der Waals surface area contributed by atoms with Gasteiger partial charge >= 0.3 is 75.9 Å². The topological polar surface area (TPSA) is 152 Å². The van der Waals surface area contributed by atoms with Crippen LogP contribution in [-0.4, -0.2) is 28.1 Å². The smallest absolute Gasteiger partial charge is 0.822 e. The summed E-state index contributed by atoms with van der Waals surface area (Å²) in [6, 6.07) is 0. The van der Waals surface area contributed by atoms with Gasteiger partial charge in [-0.3, -0.25) is 0 Å². The van der Waals surface area contributed by atoms with E-state index in [9.17, 15) is 0 Å². The molecule has 0 unspecified atom stereocenters. The van der Waals surface area contributed by atoms with E-state index in [1.165, 1.54) is 0 Å². The molecule has 0 amide bonds. The first-order valence-electron chi connectivity index (χ1n) is 1.28. The normalized spacial score (nSPS) is 7.55. The molecule has 0 saturated heterocycles. The maximum Gasteiger partial charge on any atom is 2.00 e. The Bertz CT molecular complexity index is 123. The molecule has 0 saturated carbocycles. The number of phosphoric acid groups is 1. The first-order chi connectivity index (χ1) is 3.73. The van der Waals surface area contributed by atoms with Crippen molar-refractivity contribution in [2.24, 2.45) is 0 Å². The average Bonchev–Trinajstić information content (AvgIpc) is 1.19. The van der Waals surface area contributed by atoms with Gasteiger partial charge in [-0.05, 0) is 0 Å². The van der Waals surface area contributed by atoms with Crippen molar-refractivity contribution in [1.82, 2.24) is 0 Å². The van der Waals surface area contributed by atoms with Crippen molar-refractivity contribution in [3.05, 3.63) is 15.3 Å². The Hall–Kier alpha value is 1.71. The minimum absolute atomic E-state index is 0. The Balaban J connectivity index is -0.0000000221. The van der Waals surface area contributed by atoms with Crippen molar-refractivity contribution in [3.63, 3.8) is 0 Å². The van der Waals surface area contributed by atoms with Crippen LogP contribution in [0.4, 0.5) is 0 Å². The number of rotatable bonds is 0. The second-order valence-corrected chi connectivity index (χ2v) is 1.57. The van der Waals surface area contributed by atoms with E-state index in [4.69, 9.17) is 34.6 Å². The van der Waals surface area contributed by atoms with Gasteiger partial charge in [-0.25, -0.2) is 0 Å². The molecule has 0 aromatic carbocycles. The molecule has 0 rings (SSSR count). The van der Waals surface area contributed by atoms with E-state index in [-0.39, 0.29) is 75.9 Å². The summed E-state index contributed by atoms with van der Waals surface area (Å²) in [6.07, 6.45) is 0. The minimum Gasteiger partial charge on any atom is -0.822 e. The second-order valence-electron chi connectivity index (χ2n) is 0.671. The molecule has 0 bridgehead atoms. The van der Waals surface area contributed by atoms with Crippen molar-refractivity contribution in [1.29, 1.82) is 0 Å². The number of hydrogen-bond acceptors (Lipinski definition) is 7. The molecule has 0 N–H and O–H groups in total. The largest absolute Gasteiger partial charge is 2.00 e. The Kier molecular flexibility index (Phi) is 24.5. The molecule has 0 heterocycles. The maximum absolute atomic E-state index is 8.55. The molecule has 56 valence electrons. The first kappa shape index (κ1) is 23.0. The fourth-order valence-electron chi connectivity index (χ4n) is 0. The van der Waals surface area contributed by atoms with E-state index in [0.717, 1.165) is 0 Å². The summed E-state index contributed by atoms with van der Waals surface area (Å²) in [6.45, 7) is 0. The fraction of sp³-hybridized carbons (Fsp3) is 0. The van der Waals surface area contributed by atoms with Gasteiger partial charge in [0.1, 0.15) is 0 Å². The van der Waals surface area contributed by atoms with E-state index in [1.807, 2.05) is 0 Å². The third-order valence-corrected chi connectivity index (χ3v) is 0. The molecule has 0 fully saturated rings. The first-order valence-corrected chi connectivity index (χ1v) is 2.74. The van der Waals surface area contributed by atoms with Crippen molar-refractivity contribution in [3.8, 4) is 0 Å². The van der Waals surface area contributed by atoms with Crippen LogP contribution in [0.3, 0.4) is 0 Å². The fourth-order valence-corrected chi connectivity index (χ4v) is 0. The van der Waals surface area contributed by atoms with Crippen molar-refractivity contribution < 1.29 is 77.1 Å². The minimum atomic E-state index is -5.39. The second kappa shape index (κ2) is 11.7. The van der Waals surface area contributed by atoms with Gasteiger partial charge in [0.05, 0.1) is 5.09 Å². The maximum atomic E-state index is 8.55. The monoisotopic (exact) mass is 221 g/mol. The van der Waals surface area contributed by atoms with Gasteiger partial charge in [-0.2, -0.15) is 7.82 Å². The van der Waals surface area contributed by atoms with Crippen LogP contribution >= 0.6 is 7.82 Å². The van der Waals surface area contributed by atoms with Crippen LogP contribution in [0.25, 0.3) is 0 Å². The van der Waals surface area contributed by atoms with Gasteiger partial charge in [-0.15, -0.1) is 0 Å². The van der Waals surface area contributed by atoms with Crippen LogP contribution in [0.2, 0.25) is 0 Å². The molecule has 8 nitrogen and oxygen atoms in total. The van der Waals surface area contributed by atoms with E-state index >= 15 is 0 Å². The molecule has 0 atom stereocenters.